The van der Waals surface area contributed by atoms with Crippen molar-refractivity contribution >= 4 is 22.4 Å². The van der Waals surface area contributed by atoms with Gasteiger partial charge < -0.3 is 14.8 Å². The van der Waals surface area contributed by atoms with Gasteiger partial charge in [0.15, 0.2) is 0 Å². The van der Waals surface area contributed by atoms with Crippen LogP contribution in [0.4, 0.5) is 5.13 Å². The molecule has 1 amide bonds. The number of rotatable bonds is 3. The number of carbonyl (C=O) groups excluding carboxylic acids is 1. The molecule has 1 aliphatic rings. The summed E-state index contributed by atoms with van der Waals surface area (Å²) in [4.78, 5) is 18.4. The molecule has 1 fully saturated rings. The molecule has 21 heavy (non-hydrogen) atoms. The van der Waals surface area contributed by atoms with Crippen LogP contribution in [-0.2, 0) is 7.05 Å². The molecule has 8 heteroatoms. The summed E-state index contributed by atoms with van der Waals surface area (Å²) in [5.41, 5.74) is 0.460. The number of carbonyl (C=O) groups is 1. The van der Waals surface area contributed by atoms with Crippen LogP contribution in [0.15, 0.2) is 12.5 Å². The van der Waals surface area contributed by atoms with Crippen LogP contribution >= 0.6 is 11.3 Å². The van der Waals surface area contributed by atoms with E-state index in [1.165, 1.54) is 0 Å². The van der Waals surface area contributed by atoms with Gasteiger partial charge in [-0.25, -0.2) is 4.98 Å². The average molecular weight is 306 g/mol. The highest BCUT2D eigenvalue weighted by atomic mass is 32.1. The van der Waals surface area contributed by atoms with Crippen molar-refractivity contribution in [1.82, 2.24) is 25.1 Å². The molecular weight excluding hydrogens is 288 g/mol. The van der Waals surface area contributed by atoms with Gasteiger partial charge in [-0.15, -0.1) is 10.2 Å². The van der Waals surface area contributed by atoms with Gasteiger partial charge in [0.2, 0.25) is 5.13 Å². The quantitative estimate of drug-likeness (QED) is 0.915. The highest BCUT2D eigenvalue weighted by Gasteiger charge is 2.24. The Morgan fingerprint density at radius 2 is 2.33 bits per heavy atom. The Labute approximate surface area is 127 Å². The van der Waals surface area contributed by atoms with E-state index in [1.807, 2.05) is 14.0 Å². The zero-order valence-electron chi connectivity index (χ0n) is 12.1. The minimum absolute atomic E-state index is 0.115. The van der Waals surface area contributed by atoms with Crippen LogP contribution in [0.2, 0.25) is 0 Å². The standard InChI is InChI=1S/C13H18N6OS/c1-9-16-17-13(21-9)19-5-3-4-10(6-19)15-12(20)11-7-18(2)8-14-11/h7-8,10H,3-6H2,1-2H3,(H,15,20). The lowest BCUT2D eigenvalue weighted by Crippen LogP contribution is -2.47. The first-order chi connectivity index (χ1) is 10.1. The molecule has 112 valence electrons. The van der Waals surface area contributed by atoms with Gasteiger partial charge in [0, 0.05) is 32.4 Å². The van der Waals surface area contributed by atoms with Crippen molar-refractivity contribution in [2.24, 2.45) is 7.05 Å². The van der Waals surface area contributed by atoms with Gasteiger partial charge in [-0.2, -0.15) is 0 Å². The number of anilines is 1. The summed E-state index contributed by atoms with van der Waals surface area (Å²) in [6, 6.07) is 0.123. The van der Waals surface area contributed by atoms with E-state index < -0.39 is 0 Å². The van der Waals surface area contributed by atoms with E-state index in [2.05, 4.69) is 25.4 Å². The maximum Gasteiger partial charge on any atom is 0.271 e. The van der Waals surface area contributed by atoms with Crippen LogP contribution in [0.5, 0.6) is 0 Å². The van der Waals surface area contributed by atoms with E-state index in [0.29, 0.717) is 5.69 Å². The molecule has 0 saturated carbocycles. The Morgan fingerprint density at radius 1 is 1.48 bits per heavy atom. The maximum absolute atomic E-state index is 12.1. The normalized spacial score (nSPS) is 18.8. The van der Waals surface area contributed by atoms with Crippen molar-refractivity contribution in [1.29, 1.82) is 0 Å². The number of nitrogens with one attached hydrogen (secondary N) is 1. The van der Waals surface area contributed by atoms with Gasteiger partial charge >= 0.3 is 0 Å². The largest absolute Gasteiger partial charge is 0.346 e. The first kappa shape index (κ1) is 14.0. The van der Waals surface area contributed by atoms with Crippen LogP contribution in [0.1, 0.15) is 28.3 Å². The highest BCUT2D eigenvalue weighted by molar-refractivity contribution is 7.15. The third-order valence-corrected chi connectivity index (χ3v) is 4.38. The van der Waals surface area contributed by atoms with Gasteiger partial charge in [-0.1, -0.05) is 11.3 Å². The summed E-state index contributed by atoms with van der Waals surface area (Å²) in [5, 5.41) is 13.2. The van der Waals surface area contributed by atoms with Gasteiger partial charge in [-0.05, 0) is 19.8 Å². The Balaban J connectivity index is 1.62. The second-order valence-corrected chi connectivity index (χ2v) is 6.45. The summed E-state index contributed by atoms with van der Waals surface area (Å²) in [7, 11) is 1.85. The summed E-state index contributed by atoms with van der Waals surface area (Å²) < 4.78 is 1.77. The first-order valence-corrected chi connectivity index (χ1v) is 7.77. The van der Waals surface area contributed by atoms with Crippen molar-refractivity contribution in [3.63, 3.8) is 0 Å². The molecule has 0 aliphatic carbocycles. The SMILES string of the molecule is Cc1nnc(N2CCCC(NC(=O)c3cn(C)cn3)C2)s1. The number of amides is 1. The van der Waals surface area contributed by atoms with Crippen molar-refractivity contribution in [2.45, 2.75) is 25.8 Å². The molecule has 1 N–H and O–H groups in total. The van der Waals surface area contributed by atoms with Gasteiger partial charge in [0.05, 0.1) is 6.33 Å². The fraction of sp³-hybridized carbons (Fsp3) is 0.538. The van der Waals surface area contributed by atoms with E-state index in [9.17, 15) is 4.79 Å². The third kappa shape index (κ3) is 3.21. The van der Waals surface area contributed by atoms with Gasteiger partial charge in [0.25, 0.3) is 5.91 Å². The van der Waals surface area contributed by atoms with Crippen LogP contribution in [0.3, 0.4) is 0 Å². The number of aryl methyl sites for hydroxylation is 2. The zero-order valence-corrected chi connectivity index (χ0v) is 12.9. The molecule has 2 aromatic heterocycles. The topological polar surface area (TPSA) is 75.9 Å². The minimum Gasteiger partial charge on any atom is -0.346 e. The molecule has 3 rings (SSSR count). The molecule has 1 aliphatic heterocycles. The molecule has 0 radical (unpaired) electrons. The predicted octanol–water partition coefficient (Wildman–Crippen LogP) is 0.979. The lowest BCUT2D eigenvalue weighted by molar-refractivity contribution is 0.0928. The number of hydrogen-bond donors (Lipinski definition) is 1. The molecule has 0 spiro atoms. The third-order valence-electron chi connectivity index (χ3n) is 3.48. The molecule has 1 atom stereocenters. The summed E-state index contributed by atoms with van der Waals surface area (Å²) >= 11 is 1.59. The predicted molar refractivity (Wildman–Crippen MR) is 80.6 cm³/mol. The molecule has 7 nitrogen and oxygen atoms in total. The summed E-state index contributed by atoms with van der Waals surface area (Å²) in [6.07, 6.45) is 5.37. The number of hydrogen-bond acceptors (Lipinski definition) is 6. The second kappa shape index (κ2) is 5.80. The number of nitrogens with zero attached hydrogens (tertiary/aromatic N) is 5. The molecule has 1 unspecified atom stereocenters. The molecule has 3 heterocycles. The van der Waals surface area contributed by atoms with E-state index in [1.54, 1.807) is 28.4 Å². The first-order valence-electron chi connectivity index (χ1n) is 6.95. The Bertz CT molecular complexity index is 636. The lowest BCUT2D eigenvalue weighted by atomic mass is 10.1. The number of imidazole rings is 1. The average Bonchev–Trinajstić information content (AvgIpc) is 3.08. The van der Waals surface area contributed by atoms with E-state index in [-0.39, 0.29) is 11.9 Å². The van der Waals surface area contributed by atoms with Gasteiger partial charge in [-0.3, -0.25) is 4.79 Å². The van der Waals surface area contributed by atoms with Crippen LogP contribution in [0.25, 0.3) is 0 Å². The Morgan fingerprint density at radius 3 is 3.00 bits per heavy atom. The maximum atomic E-state index is 12.1. The van der Waals surface area contributed by atoms with Crippen LogP contribution in [0, 0.1) is 6.92 Å². The Kier molecular flexibility index (Phi) is 3.87. The smallest absolute Gasteiger partial charge is 0.271 e. The van der Waals surface area contributed by atoms with Crippen molar-refractivity contribution in [2.75, 3.05) is 18.0 Å². The molecule has 0 aromatic carbocycles. The van der Waals surface area contributed by atoms with E-state index in [4.69, 9.17) is 0 Å². The molecular formula is C13H18N6OS. The molecule has 2 aromatic rings. The fourth-order valence-corrected chi connectivity index (χ4v) is 3.19. The molecule has 1 saturated heterocycles. The van der Waals surface area contributed by atoms with Crippen molar-refractivity contribution < 1.29 is 4.79 Å². The second-order valence-electron chi connectivity index (χ2n) is 5.29. The number of aromatic nitrogens is 4. The molecule has 0 bridgehead atoms. The summed E-state index contributed by atoms with van der Waals surface area (Å²) in [5.74, 6) is -0.115. The van der Waals surface area contributed by atoms with Crippen molar-refractivity contribution in [3.8, 4) is 0 Å². The summed E-state index contributed by atoms with van der Waals surface area (Å²) in [6.45, 7) is 3.68. The lowest BCUT2D eigenvalue weighted by Gasteiger charge is -2.32. The van der Waals surface area contributed by atoms with Crippen LogP contribution in [-0.4, -0.2) is 44.8 Å². The monoisotopic (exact) mass is 306 g/mol. The van der Waals surface area contributed by atoms with Crippen molar-refractivity contribution in [3.05, 3.63) is 23.2 Å². The van der Waals surface area contributed by atoms with Gasteiger partial charge in [0.1, 0.15) is 10.7 Å². The van der Waals surface area contributed by atoms with E-state index >= 15 is 0 Å². The van der Waals surface area contributed by atoms with Crippen LogP contribution < -0.4 is 10.2 Å². The Hall–Kier alpha value is -1.96. The minimum atomic E-state index is -0.115. The fourth-order valence-electron chi connectivity index (χ4n) is 2.47. The number of piperidine rings is 1. The van der Waals surface area contributed by atoms with E-state index in [0.717, 1.165) is 36.1 Å². The highest BCUT2D eigenvalue weighted by Crippen LogP contribution is 2.23. The zero-order chi connectivity index (χ0) is 14.8.